The fourth-order valence-electron chi connectivity index (χ4n) is 2.59. The second kappa shape index (κ2) is 9.95. The lowest BCUT2D eigenvalue weighted by Gasteiger charge is -2.09. The molecule has 1 N–H and O–H groups in total. The zero-order chi connectivity index (χ0) is 21.7. The molecule has 0 spiro atoms. The summed E-state index contributed by atoms with van der Waals surface area (Å²) >= 11 is 4.72. The first kappa shape index (κ1) is 22.1. The van der Waals surface area contributed by atoms with Crippen molar-refractivity contribution in [3.63, 3.8) is 0 Å². The van der Waals surface area contributed by atoms with Gasteiger partial charge in [0.15, 0.2) is 11.8 Å². The summed E-state index contributed by atoms with van der Waals surface area (Å²) in [5.41, 5.74) is 2.66. The Balaban J connectivity index is 1.64. The predicted molar refractivity (Wildman–Crippen MR) is 123 cm³/mol. The standard InChI is InChI=1S/C22H21BrN2O4S/c1-13(2)29-20(26)12-28-17-7-4-15(5-8-17)11-19-21(27)25-22(30-19)24-18-9-6-16(23)10-14(18)3/h4-11,13H,12H2,1-3H3,(H,24,25,27)/b19-11-. The third-order valence-electron chi connectivity index (χ3n) is 3.93. The Bertz CT molecular complexity index is 1020. The summed E-state index contributed by atoms with van der Waals surface area (Å²) in [4.78, 5) is 28.9. The molecule has 2 aromatic rings. The maximum atomic E-state index is 12.3. The third kappa shape index (κ3) is 6.21. The number of amidine groups is 1. The van der Waals surface area contributed by atoms with E-state index in [1.165, 1.54) is 11.8 Å². The SMILES string of the molecule is Cc1cc(Br)ccc1N=C1NC(=O)/C(=C/c2ccc(OCC(=O)OC(C)C)cc2)S1. The molecule has 0 bridgehead atoms. The average Bonchev–Trinajstić information content (AvgIpc) is 3.02. The topological polar surface area (TPSA) is 77.0 Å². The van der Waals surface area contributed by atoms with Crippen LogP contribution in [0.15, 0.2) is 56.8 Å². The Morgan fingerprint density at radius 1 is 1.23 bits per heavy atom. The zero-order valence-corrected chi connectivity index (χ0v) is 19.2. The molecule has 156 valence electrons. The fraction of sp³-hybridized carbons (Fsp3) is 0.227. The smallest absolute Gasteiger partial charge is 0.344 e. The monoisotopic (exact) mass is 488 g/mol. The molecule has 1 saturated heterocycles. The second-order valence-electron chi connectivity index (χ2n) is 6.81. The first-order valence-electron chi connectivity index (χ1n) is 9.28. The molecular formula is C22H21BrN2O4S. The molecular weight excluding hydrogens is 468 g/mol. The summed E-state index contributed by atoms with van der Waals surface area (Å²) in [5.74, 6) is -0.0531. The number of amides is 1. The fourth-order valence-corrected chi connectivity index (χ4v) is 3.90. The van der Waals surface area contributed by atoms with Gasteiger partial charge in [-0.2, -0.15) is 0 Å². The minimum absolute atomic E-state index is 0.147. The first-order chi connectivity index (χ1) is 14.3. The lowest BCUT2D eigenvalue weighted by atomic mass is 10.2. The van der Waals surface area contributed by atoms with Crippen molar-refractivity contribution >= 4 is 56.5 Å². The van der Waals surface area contributed by atoms with E-state index in [9.17, 15) is 9.59 Å². The molecule has 30 heavy (non-hydrogen) atoms. The molecule has 0 aliphatic carbocycles. The summed E-state index contributed by atoms with van der Waals surface area (Å²) in [6, 6.07) is 12.9. The molecule has 1 heterocycles. The van der Waals surface area contributed by atoms with E-state index in [-0.39, 0.29) is 18.6 Å². The highest BCUT2D eigenvalue weighted by molar-refractivity contribution is 9.10. The number of aliphatic imine (C=N–C) groups is 1. The van der Waals surface area contributed by atoms with E-state index in [1.54, 1.807) is 32.1 Å². The number of carbonyl (C=O) groups is 2. The summed E-state index contributed by atoms with van der Waals surface area (Å²) in [6.07, 6.45) is 1.61. The van der Waals surface area contributed by atoms with Crippen molar-refractivity contribution < 1.29 is 19.1 Å². The van der Waals surface area contributed by atoms with Gasteiger partial charge < -0.3 is 14.8 Å². The molecule has 1 aliphatic rings. The molecule has 0 radical (unpaired) electrons. The Hall–Kier alpha value is -2.58. The number of carbonyl (C=O) groups excluding carboxylic acids is 2. The van der Waals surface area contributed by atoms with Crippen molar-refractivity contribution in [2.24, 2.45) is 4.99 Å². The molecule has 8 heteroatoms. The van der Waals surface area contributed by atoms with Crippen LogP contribution in [0.5, 0.6) is 5.75 Å². The number of esters is 1. The van der Waals surface area contributed by atoms with Crippen LogP contribution in [0.3, 0.4) is 0 Å². The number of hydrogen-bond acceptors (Lipinski definition) is 6. The van der Waals surface area contributed by atoms with E-state index >= 15 is 0 Å². The van der Waals surface area contributed by atoms with Crippen LogP contribution < -0.4 is 10.1 Å². The Morgan fingerprint density at radius 2 is 1.97 bits per heavy atom. The second-order valence-corrected chi connectivity index (χ2v) is 8.76. The number of nitrogens with zero attached hydrogens (tertiary/aromatic N) is 1. The highest BCUT2D eigenvalue weighted by Crippen LogP contribution is 2.30. The number of halogens is 1. The van der Waals surface area contributed by atoms with E-state index in [2.05, 4.69) is 26.2 Å². The Labute approximate surface area is 187 Å². The van der Waals surface area contributed by atoms with Gasteiger partial charge in [0.1, 0.15) is 5.75 Å². The Morgan fingerprint density at radius 3 is 2.63 bits per heavy atom. The maximum absolute atomic E-state index is 12.3. The molecule has 0 unspecified atom stereocenters. The molecule has 2 aromatic carbocycles. The lowest BCUT2D eigenvalue weighted by molar-refractivity contribution is -0.149. The van der Waals surface area contributed by atoms with Gasteiger partial charge in [-0.15, -0.1) is 0 Å². The number of thioether (sulfide) groups is 1. The van der Waals surface area contributed by atoms with E-state index < -0.39 is 5.97 Å². The maximum Gasteiger partial charge on any atom is 0.344 e. The van der Waals surface area contributed by atoms with Crippen LogP contribution in [-0.4, -0.2) is 29.8 Å². The van der Waals surface area contributed by atoms with Crippen LogP contribution in [0.1, 0.15) is 25.0 Å². The number of nitrogens with one attached hydrogen (secondary N) is 1. The molecule has 0 saturated carbocycles. The number of aryl methyl sites for hydroxylation is 1. The van der Waals surface area contributed by atoms with Gasteiger partial charge >= 0.3 is 5.97 Å². The van der Waals surface area contributed by atoms with Gasteiger partial charge in [-0.3, -0.25) is 4.79 Å². The van der Waals surface area contributed by atoms with E-state index in [0.29, 0.717) is 15.8 Å². The average molecular weight is 489 g/mol. The summed E-state index contributed by atoms with van der Waals surface area (Å²) in [5, 5.41) is 3.33. The van der Waals surface area contributed by atoms with Crippen LogP contribution in [0.4, 0.5) is 5.69 Å². The highest BCUT2D eigenvalue weighted by atomic mass is 79.9. The summed E-state index contributed by atoms with van der Waals surface area (Å²) in [7, 11) is 0. The van der Waals surface area contributed by atoms with Crippen LogP contribution in [-0.2, 0) is 14.3 Å². The zero-order valence-electron chi connectivity index (χ0n) is 16.8. The molecule has 6 nitrogen and oxygen atoms in total. The van der Waals surface area contributed by atoms with Crippen molar-refractivity contribution in [3.05, 3.63) is 63.0 Å². The first-order valence-corrected chi connectivity index (χ1v) is 10.9. The summed E-state index contributed by atoms with van der Waals surface area (Å²) < 4.78 is 11.4. The van der Waals surface area contributed by atoms with E-state index in [4.69, 9.17) is 9.47 Å². The molecule has 0 aromatic heterocycles. The largest absolute Gasteiger partial charge is 0.482 e. The Kier molecular flexibility index (Phi) is 7.33. The lowest BCUT2D eigenvalue weighted by Crippen LogP contribution is -2.19. The molecule has 1 amide bonds. The van der Waals surface area contributed by atoms with Gasteiger partial charge in [-0.25, -0.2) is 9.79 Å². The van der Waals surface area contributed by atoms with Crippen LogP contribution in [0.25, 0.3) is 6.08 Å². The van der Waals surface area contributed by atoms with Gasteiger partial charge in [0, 0.05) is 4.47 Å². The van der Waals surface area contributed by atoms with Gasteiger partial charge in [0.05, 0.1) is 16.7 Å². The van der Waals surface area contributed by atoms with Gasteiger partial charge in [-0.05, 0) is 80.1 Å². The number of benzene rings is 2. The van der Waals surface area contributed by atoms with Crippen LogP contribution in [0, 0.1) is 6.92 Å². The van der Waals surface area contributed by atoms with Crippen molar-refractivity contribution in [1.29, 1.82) is 0 Å². The number of ether oxygens (including phenoxy) is 2. The van der Waals surface area contributed by atoms with Crippen molar-refractivity contribution in [2.45, 2.75) is 26.9 Å². The number of hydrogen-bond donors (Lipinski definition) is 1. The molecule has 0 atom stereocenters. The normalized spacial score (nSPS) is 16.2. The van der Waals surface area contributed by atoms with Gasteiger partial charge in [0.2, 0.25) is 0 Å². The quantitative estimate of drug-likeness (QED) is 0.458. The predicted octanol–water partition coefficient (Wildman–Crippen LogP) is 4.98. The number of rotatable bonds is 6. The van der Waals surface area contributed by atoms with Crippen molar-refractivity contribution in [2.75, 3.05) is 6.61 Å². The van der Waals surface area contributed by atoms with E-state index in [1.807, 2.05) is 37.3 Å². The van der Waals surface area contributed by atoms with Crippen LogP contribution >= 0.6 is 27.7 Å². The van der Waals surface area contributed by atoms with Crippen LogP contribution in [0.2, 0.25) is 0 Å². The third-order valence-corrected chi connectivity index (χ3v) is 5.34. The van der Waals surface area contributed by atoms with Crippen molar-refractivity contribution in [3.8, 4) is 5.75 Å². The minimum Gasteiger partial charge on any atom is -0.482 e. The highest BCUT2D eigenvalue weighted by Gasteiger charge is 2.24. The summed E-state index contributed by atoms with van der Waals surface area (Å²) in [6.45, 7) is 5.39. The molecule has 1 aliphatic heterocycles. The van der Waals surface area contributed by atoms with E-state index in [0.717, 1.165) is 21.3 Å². The van der Waals surface area contributed by atoms with Crippen molar-refractivity contribution in [1.82, 2.24) is 5.32 Å². The molecule has 3 rings (SSSR count). The molecule has 1 fully saturated rings. The minimum atomic E-state index is -0.414. The van der Waals surface area contributed by atoms with Gasteiger partial charge in [0.25, 0.3) is 5.91 Å². The van der Waals surface area contributed by atoms with Gasteiger partial charge in [-0.1, -0.05) is 28.1 Å².